The topological polar surface area (TPSA) is 313 Å². The van der Waals surface area contributed by atoms with Gasteiger partial charge in [-0.25, -0.2) is 4.79 Å². The third-order valence-corrected chi connectivity index (χ3v) is 7.13. The van der Waals surface area contributed by atoms with Crippen molar-refractivity contribution in [3.63, 3.8) is 0 Å². The average Bonchev–Trinajstić information content (AvgIpc) is 2.99. The summed E-state index contributed by atoms with van der Waals surface area (Å²) in [5.41, 5.74) is 0. The molecule has 2 rings (SSSR count). The molecule has 2 aliphatic heterocycles. The maximum Gasteiger partial charge on any atom is 0.364 e. The number of nitrogens with one attached hydrogen (secondary N) is 2. The summed E-state index contributed by atoms with van der Waals surface area (Å²) in [5, 5.41) is 95.7. The number of hydrogen-bond acceptors (Lipinski definition) is 17. The standard InChI is InChI=1S/C25H44N2O18/c1-10(31)26-16-12(33)6-25(24(38)39,45-21(16)18(36)13(34)7-28)42-5-4-41-22(14(35)8-29)44-20-15(9-30)43-23(40-3)17(19(20)37)27-11(2)32/h12-23,28-30,33-37H,4-9H2,1-3H3,(H,26,31)(H,27,32)(H,38,39)/t12?,13-,14?,15?,16-,17?,18-,19?,20-,21?,22+,23-,25-/m1/s1. The number of carbonyl (C=O) groups excluding carboxylic acids is 2. The lowest BCUT2D eigenvalue weighted by molar-refractivity contribution is -0.324. The van der Waals surface area contributed by atoms with Crippen LogP contribution in [0.5, 0.6) is 0 Å². The molecule has 0 spiro atoms. The number of aliphatic hydroxyl groups excluding tert-OH is 8. The molecular formula is C25H44N2O18. The minimum absolute atomic E-state index is 0.558. The van der Waals surface area contributed by atoms with Gasteiger partial charge in [0.05, 0.1) is 45.2 Å². The number of carbonyl (C=O) groups is 3. The maximum absolute atomic E-state index is 12.3. The highest BCUT2D eigenvalue weighted by Crippen LogP contribution is 2.34. The first-order valence-electron chi connectivity index (χ1n) is 13.9. The Hall–Kier alpha value is -2.15. The van der Waals surface area contributed by atoms with Crippen molar-refractivity contribution in [3.8, 4) is 0 Å². The van der Waals surface area contributed by atoms with E-state index in [0.29, 0.717) is 0 Å². The van der Waals surface area contributed by atoms with Crippen LogP contribution in [-0.4, -0.2) is 183 Å². The number of hydrogen-bond donors (Lipinski definition) is 11. The summed E-state index contributed by atoms with van der Waals surface area (Å²) in [4.78, 5) is 35.6. The third-order valence-electron chi connectivity index (χ3n) is 7.13. The zero-order valence-corrected chi connectivity index (χ0v) is 24.9. The molecule has 13 atom stereocenters. The van der Waals surface area contributed by atoms with E-state index in [4.69, 9.17) is 28.4 Å². The molecule has 2 heterocycles. The fourth-order valence-electron chi connectivity index (χ4n) is 4.95. The van der Waals surface area contributed by atoms with E-state index < -0.39 is 137 Å². The molecule has 0 aliphatic carbocycles. The zero-order valence-electron chi connectivity index (χ0n) is 24.9. The normalized spacial score (nSPS) is 34.7. The molecule has 2 saturated heterocycles. The molecular weight excluding hydrogens is 616 g/mol. The number of carboxylic acid groups (broad SMARTS) is 1. The van der Waals surface area contributed by atoms with Crippen LogP contribution in [0.2, 0.25) is 0 Å². The molecule has 2 aliphatic rings. The summed E-state index contributed by atoms with van der Waals surface area (Å²) in [6.45, 7) is -1.57. The van der Waals surface area contributed by atoms with E-state index in [1.54, 1.807) is 0 Å². The number of rotatable bonds is 17. The molecule has 0 saturated carbocycles. The van der Waals surface area contributed by atoms with Gasteiger partial charge in [-0.05, 0) is 0 Å². The minimum atomic E-state index is -2.67. The molecule has 20 heteroatoms. The van der Waals surface area contributed by atoms with Crippen molar-refractivity contribution in [1.82, 2.24) is 10.6 Å². The van der Waals surface area contributed by atoms with E-state index in [1.165, 1.54) is 14.0 Å². The quantitative estimate of drug-likeness (QED) is 0.0510. The number of amides is 2. The monoisotopic (exact) mass is 660 g/mol. The first-order chi connectivity index (χ1) is 21.2. The van der Waals surface area contributed by atoms with Crippen molar-refractivity contribution in [2.75, 3.05) is 40.1 Å². The van der Waals surface area contributed by atoms with Gasteiger partial charge in [-0.15, -0.1) is 0 Å². The van der Waals surface area contributed by atoms with Crippen molar-refractivity contribution in [2.24, 2.45) is 0 Å². The Morgan fingerprint density at radius 3 is 2.07 bits per heavy atom. The average molecular weight is 661 g/mol. The first kappa shape index (κ1) is 39.0. The molecule has 0 bridgehead atoms. The van der Waals surface area contributed by atoms with Crippen LogP contribution in [-0.2, 0) is 42.8 Å². The predicted molar refractivity (Wildman–Crippen MR) is 143 cm³/mol. The Labute approximate surface area is 257 Å². The van der Waals surface area contributed by atoms with Gasteiger partial charge in [0.2, 0.25) is 11.8 Å². The maximum atomic E-state index is 12.3. The number of ether oxygens (including phenoxy) is 6. The Bertz CT molecular complexity index is 961. The highest BCUT2D eigenvalue weighted by atomic mass is 16.7. The summed E-state index contributed by atoms with van der Waals surface area (Å²) in [6, 6.07) is -2.60. The Morgan fingerprint density at radius 1 is 0.956 bits per heavy atom. The van der Waals surface area contributed by atoms with Crippen LogP contribution in [0.15, 0.2) is 0 Å². The summed E-state index contributed by atoms with van der Waals surface area (Å²) in [7, 11) is 1.24. The molecule has 2 fully saturated rings. The van der Waals surface area contributed by atoms with Crippen LogP contribution in [0.1, 0.15) is 20.3 Å². The molecule has 0 aromatic carbocycles. The summed E-state index contributed by atoms with van der Waals surface area (Å²) >= 11 is 0. The largest absolute Gasteiger partial charge is 0.477 e. The van der Waals surface area contributed by atoms with Gasteiger partial charge in [0, 0.05) is 27.4 Å². The van der Waals surface area contributed by atoms with Gasteiger partial charge in [-0.3, -0.25) is 9.59 Å². The molecule has 0 aromatic rings. The van der Waals surface area contributed by atoms with E-state index in [2.05, 4.69) is 10.6 Å². The molecule has 0 radical (unpaired) electrons. The lowest BCUT2D eigenvalue weighted by Gasteiger charge is -2.46. The van der Waals surface area contributed by atoms with E-state index in [-0.39, 0.29) is 0 Å². The van der Waals surface area contributed by atoms with Crippen molar-refractivity contribution in [2.45, 2.75) is 99.6 Å². The van der Waals surface area contributed by atoms with Crippen LogP contribution >= 0.6 is 0 Å². The van der Waals surface area contributed by atoms with E-state index in [1.807, 2.05) is 0 Å². The summed E-state index contributed by atoms with van der Waals surface area (Å²) in [6.07, 6.45) is -17.1. The molecule has 0 aromatic heterocycles. The Kier molecular flexibility index (Phi) is 15.3. The van der Waals surface area contributed by atoms with Gasteiger partial charge in [0.15, 0.2) is 12.6 Å². The van der Waals surface area contributed by atoms with Crippen LogP contribution in [0.25, 0.3) is 0 Å². The van der Waals surface area contributed by atoms with Gasteiger partial charge in [-0.1, -0.05) is 0 Å². The van der Waals surface area contributed by atoms with Crippen molar-refractivity contribution < 1.29 is 88.8 Å². The predicted octanol–water partition coefficient (Wildman–Crippen LogP) is -6.54. The number of aliphatic carboxylic acids is 1. The second-order valence-corrected chi connectivity index (χ2v) is 10.5. The number of carboxylic acids is 1. The zero-order chi connectivity index (χ0) is 34.1. The van der Waals surface area contributed by atoms with Gasteiger partial charge in [-0.2, -0.15) is 0 Å². The van der Waals surface area contributed by atoms with Gasteiger partial charge < -0.3 is 85.0 Å². The van der Waals surface area contributed by atoms with Crippen LogP contribution < -0.4 is 10.6 Å². The lowest BCUT2D eigenvalue weighted by atomic mass is 9.88. The molecule has 6 unspecified atom stereocenters. The summed E-state index contributed by atoms with van der Waals surface area (Å²) < 4.78 is 32.7. The fraction of sp³-hybridized carbons (Fsp3) is 0.880. The third kappa shape index (κ3) is 9.92. The van der Waals surface area contributed by atoms with E-state index >= 15 is 0 Å². The van der Waals surface area contributed by atoms with Crippen LogP contribution in [0.3, 0.4) is 0 Å². The van der Waals surface area contributed by atoms with Crippen molar-refractivity contribution in [3.05, 3.63) is 0 Å². The second-order valence-electron chi connectivity index (χ2n) is 10.5. The molecule has 2 amide bonds. The van der Waals surface area contributed by atoms with Crippen LogP contribution in [0, 0.1) is 0 Å². The SMILES string of the molecule is CO[C@@H]1OC(CO)[C@@H](O[C@H](OCCO[C@]2(C(=O)O)CC(O)[C@@H](NC(C)=O)C([C@H](O)[C@H](O)CO)O2)C(O)CO)C(O)C1NC(C)=O. The first-order valence-corrected chi connectivity index (χ1v) is 13.9. The number of aliphatic hydroxyl groups is 8. The van der Waals surface area contributed by atoms with E-state index in [0.717, 1.165) is 6.92 Å². The highest BCUT2D eigenvalue weighted by Gasteiger charge is 2.56. The van der Waals surface area contributed by atoms with Gasteiger partial charge >= 0.3 is 5.97 Å². The Balaban J connectivity index is 2.19. The highest BCUT2D eigenvalue weighted by molar-refractivity contribution is 5.76. The van der Waals surface area contributed by atoms with E-state index in [9.17, 15) is 60.3 Å². The smallest absolute Gasteiger partial charge is 0.364 e. The van der Waals surface area contributed by atoms with Crippen LogP contribution in [0.4, 0.5) is 0 Å². The molecule has 262 valence electrons. The minimum Gasteiger partial charge on any atom is -0.477 e. The molecule has 45 heavy (non-hydrogen) atoms. The second kappa shape index (κ2) is 17.7. The van der Waals surface area contributed by atoms with Gasteiger partial charge in [0.25, 0.3) is 5.79 Å². The lowest BCUT2D eigenvalue weighted by Crippen LogP contribution is -2.68. The number of methoxy groups -OCH3 is 1. The van der Waals surface area contributed by atoms with Crippen molar-refractivity contribution in [1.29, 1.82) is 0 Å². The van der Waals surface area contributed by atoms with Gasteiger partial charge in [0.1, 0.15) is 48.8 Å². The van der Waals surface area contributed by atoms with Crippen molar-refractivity contribution >= 4 is 17.8 Å². The Morgan fingerprint density at radius 2 is 1.56 bits per heavy atom. The molecule has 20 nitrogen and oxygen atoms in total. The molecule has 11 N–H and O–H groups in total. The summed E-state index contributed by atoms with van der Waals surface area (Å²) in [5.74, 6) is -5.67. The fourth-order valence-corrected chi connectivity index (χ4v) is 4.95.